The highest BCUT2D eigenvalue weighted by Gasteiger charge is 2.21. The van der Waals surface area contributed by atoms with Gasteiger partial charge in [0.25, 0.3) is 0 Å². The second-order valence-electron chi connectivity index (χ2n) is 4.83. The van der Waals surface area contributed by atoms with Gasteiger partial charge in [0, 0.05) is 19.2 Å². The molecule has 1 aromatic rings. The minimum atomic E-state index is 0.388. The summed E-state index contributed by atoms with van der Waals surface area (Å²) in [6, 6.07) is 10.7. The molecular formula is C15H23NO2. The zero-order chi connectivity index (χ0) is 12.6. The van der Waals surface area contributed by atoms with Crippen molar-refractivity contribution in [2.45, 2.75) is 38.5 Å². The van der Waals surface area contributed by atoms with Gasteiger partial charge in [0.05, 0.1) is 19.3 Å². The molecule has 0 bridgehead atoms. The van der Waals surface area contributed by atoms with E-state index >= 15 is 0 Å². The van der Waals surface area contributed by atoms with Gasteiger partial charge >= 0.3 is 0 Å². The average molecular weight is 249 g/mol. The number of nitrogens with one attached hydrogen (secondary N) is 1. The maximum atomic E-state index is 5.64. The zero-order valence-electron chi connectivity index (χ0n) is 11.1. The Bertz CT molecular complexity index is 323. The third-order valence-electron chi connectivity index (χ3n) is 3.35. The van der Waals surface area contributed by atoms with Gasteiger partial charge in [-0.2, -0.15) is 0 Å². The molecule has 1 aliphatic heterocycles. The van der Waals surface area contributed by atoms with Crippen molar-refractivity contribution < 1.29 is 9.47 Å². The molecule has 3 nitrogen and oxygen atoms in total. The van der Waals surface area contributed by atoms with Gasteiger partial charge in [-0.3, -0.25) is 0 Å². The molecule has 0 aromatic heterocycles. The minimum Gasteiger partial charge on any atom is -0.377 e. The predicted octanol–water partition coefficient (Wildman–Crippen LogP) is 2.36. The first-order valence-electron chi connectivity index (χ1n) is 6.83. The highest BCUT2D eigenvalue weighted by atomic mass is 16.5. The van der Waals surface area contributed by atoms with E-state index in [9.17, 15) is 0 Å². The first kappa shape index (κ1) is 13.5. The topological polar surface area (TPSA) is 30.5 Å². The van der Waals surface area contributed by atoms with Crippen LogP contribution in [-0.2, 0) is 16.1 Å². The van der Waals surface area contributed by atoms with E-state index in [4.69, 9.17) is 9.47 Å². The van der Waals surface area contributed by atoms with E-state index < -0.39 is 0 Å². The lowest BCUT2D eigenvalue weighted by Crippen LogP contribution is -2.38. The fourth-order valence-electron chi connectivity index (χ4n) is 2.25. The molecule has 100 valence electrons. The van der Waals surface area contributed by atoms with E-state index in [2.05, 4.69) is 24.4 Å². The molecule has 0 aliphatic carbocycles. The number of ether oxygens (including phenoxy) is 2. The Morgan fingerprint density at radius 3 is 2.94 bits per heavy atom. The molecule has 1 fully saturated rings. The summed E-state index contributed by atoms with van der Waals surface area (Å²) < 4.78 is 11.3. The van der Waals surface area contributed by atoms with E-state index in [0.717, 1.165) is 19.8 Å². The van der Waals surface area contributed by atoms with Crippen molar-refractivity contribution in [1.82, 2.24) is 5.32 Å². The van der Waals surface area contributed by atoms with Crippen LogP contribution in [0.1, 0.15) is 25.3 Å². The van der Waals surface area contributed by atoms with Crippen LogP contribution >= 0.6 is 0 Å². The van der Waals surface area contributed by atoms with Crippen LogP contribution in [0.2, 0.25) is 0 Å². The van der Waals surface area contributed by atoms with Gasteiger partial charge in [-0.25, -0.2) is 0 Å². The third-order valence-corrected chi connectivity index (χ3v) is 3.35. The monoisotopic (exact) mass is 249 g/mol. The standard InChI is InChI=1S/C15H23NO2/c1-13(15-8-5-10-18-15)16-9-11-17-12-14-6-3-2-4-7-14/h2-4,6-7,13,15-16H,5,8-12H2,1H3. The van der Waals surface area contributed by atoms with Crippen LogP contribution < -0.4 is 5.32 Å². The summed E-state index contributed by atoms with van der Waals surface area (Å²) in [5.74, 6) is 0. The second-order valence-corrected chi connectivity index (χ2v) is 4.83. The molecule has 2 rings (SSSR count). The molecule has 0 amide bonds. The highest BCUT2D eigenvalue weighted by Crippen LogP contribution is 2.15. The maximum absolute atomic E-state index is 5.64. The molecule has 1 aromatic carbocycles. The Balaban J connectivity index is 1.53. The van der Waals surface area contributed by atoms with E-state index in [-0.39, 0.29) is 0 Å². The Morgan fingerprint density at radius 2 is 2.22 bits per heavy atom. The molecule has 1 N–H and O–H groups in total. The Labute approximate surface area is 109 Å². The molecule has 2 atom stereocenters. The quantitative estimate of drug-likeness (QED) is 0.753. The van der Waals surface area contributed by atoms with Crippen LogP contribution in [0.4, 0.5) is 0 Å². The first-order chi connectivity index (χ1) is 8.86. The second kappa shape index (κ2) is 7.52. The summed E-state index contributed by atoms with van der Waals surface area (Å²) >= 11 is 0. The van der Waals surface area contributed by atoms with E-state index in [1.807, 2.05) is 18.2 Å². The lowest BCUT2D eigenvalue weighted by atomic mass is 10.1. The van der Waals surface area contributed by atoms with Gasteiger partial charge in [0.15, 0.2) is 0 Å². The predicted molar refractivity (Wildman–Crippen MR) is 72.5 cm³/mol. The summed E-state index contributed by atoms with van der Waals surface area (Å²) in [5.41, 5.74) is 1.23. The van der Waals surface area contributed by atoms with Crippen molar-refractivity contribution in [2.75, 3.05) is 19.8 Å². The number of benzene rings is 1. The van der Waals surface area contributed by atoms with Gasteiger partial charge in [0.2, 0.25) is 0 Å². The van der Waals surface area contributed by atoms with Crippen LogP contribution in [0.15, 0.2) is 30.3 Å². The summed E-state index contributed by atoms with van der Waals surface area (Å²) in [5, 5.41) is 3.46. The largest absolute Gasteiger partial charge is 0.377 e. The van der Waals surface area contributed by atoms with Crippen molar-refractivity contribution >= 4 is 0 Å². The first-order valence-corrected chi connectivity index (χ1v) is 6.83. The lowest BCUT2D eigenvalue weighted by Gasteiger charge is -2.19. The van der Waals surface area contributed by atoms with Gasteiger partial charge in [-0.1, -0.05) is 30.3 Å². The molecular weight excluding hydrogens is 226 g/mol. The molecule has 1 saturated heterocycles. The Hall–Kier alpha value is -0.900. The summed E-state index contributed by atoms with van der Waals surface area (Å²) in [6.45, 7) is 5.42. The fourth-order valence-corrected chi connectivity index (χ4v) is 2.25. The molecule has 2 unspecified atom stereocenters. The SMILES string of the molecule is CC(NCCOCc1ccccc1)C1CCCO1. The lowest BCUT2D eigenvalue weighted by molar-refractivity contribution is 0.0751. The fraction of sp³-hybridized carbons (Fsp3) is 0.600. The van der Waals surface area contributed by atoms with Gasteiger partial charge < -0.3 is 14.8 Å². The maximum Gasteiger partial charge on any atom is 0.0726 e. The van der Waals surface area contributed by atoms with Gasteiger partial charge in [-0.15, -0.1) is 0 Å². The van der Waals surface area contributed by atoms with Gasteiger partial charge in [0.1, 0.15) is 0 Å². The van der Waals surface area contributed by atoms with E-state index in [1.54, 1.807) is 0 Å². The van der Waals surface area contributed by atoms with E-state index in [0.29, 0.717) is 18.8 Å². The highest BCUT2D eigenvalue weighted by molar-refractivity contribution is 5.13. The third kappa shape index (κ3) is 4.41. The smallest absolute Gasteiger partial charge is 0.0726 e. The minimum absolute atomic E-state index is 0.388. The van der Waals surface area contributed by atoms with Crippen molar-refractivity contribution in [2.24, 2.45) is 0 Å². The van der Waals surface area contributed by atoms with Crippen molar-refractivity contribution in [3.8, 4) is 0 Å². The summed E-state index contributed by atoms with van der Waals surface area (Å²) in [4.78, 5) is 0. The average Bonchev–Trinajstić information content (AvgIpc) is 2.93. The Kier molecular flexibility index (Phi) is 5.65. The molecule has 0 spiro atoms. The van der Waals surface area contributed by atoms with Crippen molar-refractivity contribution in [1.29, 1.82) is 0 Å². The molecule has 18 heavy (non-hydrogen) atoms. The van der Waals surface area contributed by atoms with Crippen LogP contribution in [-0.4, -0.2) is 31.9 Å². The van der Waals surface area contributed by atoms with Crippen LogP contribution in [0.3, 0.4) is 0 Å². The van der Waals surface area contributed by atoms with Crippen molar-refractivity contribution in [3.05, 3.63) is 35.9 Å². The summed E-state index contributed by atoms with van der Waals surface area (Å²) in [6.07, 6.45) is 2.76. The number of hydrogen-bond donors (Lipinski definition) is 1. The molecule has 0 saturated carbocycles. The van der Waals surface area contributed by atoms with Gasteiger partial charge in [-0.05, 0) is 25.3 Å². The van der Waals surface area contributed by atoms with Crippen LogP contribution in [0.25, 0.3) is 0 Å². The normalized spacial score (nSPS) is 21.1. The molecule has 3 heteroatoms. The summed E-state index contributed by atoms with van der Waals surface area (Å²) in [7, 11) is 0. The van der Waals surface area contributed by atoms with Crippen LogP contribution in [0, 0.1) is 0 Å². The molecule has 1 aliphatic rings. The Morgan fingerprint density at radius 1 is 1.39 bits per heavy atom. The van der Waals surface area contributed by atoms with Crippen LogP contribution in [0.5, 0.6) is 0 Å². The molecule has 1 heterocycles. The number of hydrogen-bond acceptors (Lipinski definition) is 3. The zero-order valence-corrected chi connectivity index (χ0v) is 11.1. The molecule has 0 radical (unpaired) electrons. The number of rotatable bonds is 7. The van der Waals surface area contributed by atoms with E-state index in [1.165, 1.54) is 18.4 Å². The van der Waals surface area contributed by atoms with Crippen molar-refractivity contribution in [3.63, 3.8) is 0 Å².